The van der Waals surface area contributed by atoms with Crippen molar-refractivity contribution in [3.05, 3.63) is 85.9 Å². The maximum Gasteiger partial charge on any atom is 0.0588 e. The molecule has 0 atom stereocenters. The topological polar surface area (TPSA) is 194 Å². The summed E-state index contributed by atoms with van der Waals surface area (Å²) < 4.78 is 0. The first-order valence-electron chi connectivity index (χ1n) is 10.8. The SMILES string of the molecule is [N-]=[N+]=Nc1ccc2[nH]c3c(c2c1)c1[nH]c2ccc(N=[N+]=[N-])cc2c1c1[nH]c2ccc(N=[N+]=[N-])cc2c31. The van der Waals surface area contributed by atoms with Crippen molar-refractivity contribution in [1.29, 1.82) is 0 Å². The molecule has 7 aromatic rings. The van der Waals surface area contributed by atoms with Crippen molar-refractivity contribution in [2.75, 3.05) is 0 Å². The zero-order valence-corrected chi connectivity index (χ0v) is 18.2. The monoisotopic (exact) mass is 468 g/mol. The number of azide groups is 3. The predicted octanol–water partition coefficient (Wildman–Crippen LogP) is 9.42. The van der Waals surface area contributed by atoms with Crippen LogP contribution in [0.25, 0.3) is 96.7 Å². The van der Waals surface area contributed by atoms with E-state index in [1.807, 2.05) is 36.4 Å². The standard InChI is InChI=1S/C24H12N12/c25-34-31-10-1-4-16-13(7-10)19-22(28-16)20-14-8-11(32-35-26)2-5-17(14)30-24(20)21-15-9-12(33-36-27)3-6-18(15)29-23(19)21/h1-9,28-30H. The second-order valence-corrected chi connectivity index (χ2v) is 8.38. The average molecular weight is 468 g/mol. The van der Waals surface area contributed by atoms with Gasteiger partial charge in [-0.3, -0.25) is 0 Å². The average Bonchev–Trinajstić information content (AvgIpc) is 3.55. The molecule has 36 heavy (non-hydrogen) atoms. The summed E-state index contributed by atoms with van der Waals surface area (Å²) in [5.41, 5.74) is 33.7. The molecular formula is C24H12N12. The molecule has 0 unspecified atom stereocenters. The first-order valence-corrected chi connectivity index (χ1v) is 10.8. The minimum atomic E-state index is 0.505. The van der Waals surface area contributed by atoms with Crippen molar-refractivity contribution in [2.45, 2.75) is 0 Å². The molecule has 12 nitrogen and oxygen atoms in total. The number of rotatable bonds is 3. The van der Waals surface area contributed by atoms with Gasteiger partial charge in [-0.05, 0) is 53.0 Å². The number of aromatic nitrogens is 3. The molecule has 0 spiro atoms. The van der Waals surface area contributed by atoms with Gasteiger partial charge >= 0.3 is 0 Å². The lowest BCUT2D eigenvalue weighted by Gasteiger charge is -2.01. The van der Waals surface area contributed by atoms with E-state index < -0.39 is 0 Å². The molecule has 0 amide bonds. The Bertz CT molecular complexity index is 1940. The van der Waals surface area contributed by atoms with Gasteiger partial charge in [-0.1, -0.05) is 33.5 Å². The van der Waals surface area contributed by atoms with Gasteiger partial charge in [0.25, 0.3) is 0 Å². The van der Waals surface area contributed by atoms with Crippen LogP contribution in [0, 0.1) is 0 Å². The number of benzene rings is 4. The quantitative estimate of drug-likeness (QED) is 0.126. The molecule has 3 N–H and O–H groups in total. The van der Waals surface area contributed by atoms with Gasteiger partial charge in [0, 0.05) is 80.7 Å². The highest BCUT2D eigenvalue weighted by molar-refractivity contribution is 6.38. The Hall–Kier alpha value is -5.79. The Morgan fingerprint density at radius 1 is 0.472 bits per heavy atom. The Balaban J connectivity index is 1.80. The number of fused-ring (bicyclic) bond motifs is 12. The van der Waals surface area contributed by atoms with Crippen LogP contribution in [0.2, 0.25) is 0 Å². The van der Waals surface area contributed by atoms with Crippen molar-refractivity contribution >= 4 is 82.5 Å². The molecule has 0 aliphatic carbocycles. The number of nitrogens with zero attached hydrogens (tertiary/aromatic N) is 9. The van der Waals surface area contributed by atoms with Crippen LogP contribution in [0.1, 0.15) is 0 Å². The Morgan fingerprint density at radius 3 is 1.06 bits per heavy atom. The molecule has 0 saturated heterocycles. The van der Waals surface area contributed by atoms with Crippen LogP contribution in [0.4, 0.5) is 17.1 Å². The summed E-state index contributed by atoms with van der Waals surface area (Å²) in [6, 6.07) is 16.5. The third-order valence-corrected chi connectivity index (χ3v) is 6.58. The van der Waals surface area contributed by atoms with Gasteiger partial charge in [0.1, 0.15) is 0 Å². The fourth-order valence-electron chi connectivity index (χ4n) is 5.22. The van der Waals surface area contributed by atoms with Gasteiger partial charge < -0.3 is 15.0 Å². The minimum Gasteiger partial charge on any atom is -0.354 e. The van der Waals surface area contributed by atoms with Crippen LogP contribution in [0.3, 0.4) is 0 Å². The number of nitrogens with one attached hydrogen (secondary N) is 3. The third-order valence-electron chi connectivity index (χ3n) is 6.58. The highest BCUT2D eigenvalue weighted by Gasteiger charge is 2.21. The van der Waals surface area contributed by atoms with E-state index in [0.717, 1.165) is 65.4 Å². The zero-order chi connectivity index (χ0) is 24.4. The van der Waals surface area contributed by atoms with Crippen molar-refractivity contribution < 1.29 is 0 Å². The molecule has 3 aromatic heterocycles. The predicted molar refractivity (Wildman–Crippen MR) is 141 cm³/mol. The summed E-state index contributed by atoms with van der Waals surface area (Å²) in [5, 5.41) is 16.8. The molecule has 0 bridgehead atoms. The van der Waals surface area contributed by atoms with Crippen LogP contribution in [0.15, 0.2) is 69.9 Å². The van der Waals surface area contributed by atoms with Crippen LogP contribution in [-0.2, 0) is 0 Å². The fraction of sp³-hybridized carbons (Fsp3) is 0. The summed E-state index contributed by atoms with van der Waals surface area (Å²) in [6.07, 6.45) is 0. The largest absolute Gasteiger partial charge is 0.354 e. The smallest absolute Gasteiger partial charge is 0.0588 e. The summed E-state index contributed by atoms with van der Waals surface area (Å²) >= 11 is 0. The Kier molecular flexibility index (Phi) is 3.88. The Morgan fingerprint density at radius 2 is 0.778 bits per heavy atom. The van der Waals surface area contributed by atoms with Crippen molar-refractivity contribution in [3.63, 3.8) is 0 Å². The Labute approximate surface area is 199 Å². The molecule has 7 rings (SSSR count). The molecule has 0 radical (unpaired) electrons. The maximum atomic E-state index is 8.97. The number of hydrogen-bond donors (Lipinski definition) is 3. The number of aromatic amines is 3. The zero-order valence-electron chi connectivity index (χ0n) is 18.2. The van der Waals surface area contributed by atoms with E-state index in [1.165, 1.54) is 0 Å². The van der Waals surface area contributed by atoms with E-state index >= 15 is 0 Å². The van der Waals surface area contributed by atoms with E-state index in [0.29, 0.717) is 17.1 Å². The van der Waals surface area contributed by atoms with Gasteiger partial charge in [-0.15, -0.1) is 0 Å². The van der Waals surface area contributed by atoms with Gasteiger partial charge in [0.2, 0.25) is 0 Å². The summed E-state index contributed by atoms with van der Waals surface area (Å²) in [7, 11) is 0. The lowest BCUT2D eigenvalue weighted by molar-refractivity contribution is 1.49. The minimum absolute atomic E-state index is 0.505. The second-order valence-electron chi connectivity index (χ2n) is 8.38. The van der Waals surface area contributed by atoms with E-state index in [9.17, 15) is 0 Å². The van der Waals surface area contributed by atoms with Crippen LogP contribution >= 0.6 is 0 Å². The van der Waals surface area contributed by atoms with E-state index in [2.05, 4.69) is 45.0 Å². The van der Waals surface area contributed by atoms with Crippen molar-refractivity contribution in [3.8, 4) is 0 Å². The van der Waals surface area contributed by atoms with Gasteiger partial charge in [0.05, 0.1) is 16.6 Å². The van der Waals surface area contributed by atoms with Crippen LogP contribution in [-0.4, -0.2) is 15.0 Å². The molecule has 0 aliphatic rings. The second kappa shape index (κ2) is 7.10. The molecule has 0 fully saturated rings. The molecular weight excluding hydrogens is 456 g/mol. The summed E-state index contributed by atoms with van der Waals surface area (Å²) in [4.78, 5) is 19.4. The van der Waals surface area contributed by atoms with Crippen LogP contribution < -0.4 is 0 Å². The third kappa shape index (κ3) is 2.57. The van der Waals surface area contributed by atoms with E-state index in [-0.39, 0.29) is 0 Å². The van der Waals surface area contributed by atoms with Gasteiger partial charge in [0.15, 0.2) is 0 Å². The fourth-order valence-corrected chi connectivity index (χ4v) is 5.22. The van der Waals surface area contributed by atoms with E-state index in [4.69, 9.17) is 16.6 Å². The van der Waals surface area contributed by atoms with E-state index in [1.54, 1.807) is 18.2 Å². The lowest BCUT2D eigenvalue weighted by atomic mass is 10.0. The highest BCUT2D eigenvalue weighted by Crippen LogP contribution is 2.45. The summed E-state index contributed by atoms with van der Waals surface area (Å²) in [5.74, 6) is 0. The summed E-state index contributed by atoms with van der Waals surface area (Å²) in [6.45, 7) is 0. The maximum absolute atomic E-state index is 8.97. The highest BCUT2D eigenvalue weighted by atomic mass is 15.1. The lowest BCUT2D eigenvalue weighted by Crippen LogP contribution is -1.77. The van der Waals surface area contributed by atoms with Crippen LogP contribution in [0.5, 0.6) is 0 Å². The number of hydrogen-bond acceptors (Lipinski definition) is 3. The molecule has 3 heterocycles. The number of H-pyrrole nitrogens is 3. The molecule has 168 valence electrons. The van der Waals surface area contributed by atoms with Crippen molar-refractivity contribution in [2.24, 2.45) is 15.3 Å². The molecule has 4 aromatic carbocycles. The first-order chi connectivity index (χ1) is 17.7. The van der Waals surface area contributed by atoms with Crippen molar-refractivity contribution in [1.82, 2.24) is 15.0 Å². The molecule has 0 saturated carbocycles. The molecule has 0 aliphatic heterocycles. The van der Waals surface area contributed by atoms with Gasteiger partial charge in [-0.25, -0.2) is 0 Å². The molecule has 12 heteroatoms. The van der Waals surface area contributed by atoms with Gasteiger partial charge in [-0.2, -0.15) is 0 Å². The first kappa shape index (κ1) is 19.7. The normalized spacial score (nSPS) is 11.3.